The summed E-state index contributed by atoms with van der Waals surface area (Å²) in [6.45, 7) is 6.19. The van der Waals surface area contributed by atoms with Gasteiger partial charge in [-0.1, -0.05) is 12.1 Å². The minimum Gasteiger partial charge on any atom is -0.381 e. The van der Waals surface area contributed by atoms with E-state index in [1.165, 1.54) is 11.1 Å². The lowest BCUT2D eigenvalue weighted by atomic mass is 9.92. The molecule has 1 aliphatic rings. The first kappa shape index (κ1) is 12.9. The molecule has 1 saturated heterocycles. The van der Waals surface area contributed by atoms with Crippen molar-refractivity contribution in [3.05, 3.63) is 28.5 Å². The molecule has 0 amide bonds. The number of fused-ring (bicyclic) bond motifs is 1. The number of hydrogen-bond donors (Lipinski definition) is 1. The number of hydrogen-bond acceptors (Lipinski definition) is 2. The van der Waals surface area contributed by atoms with Gasteiger partial charge in [0.25, 0.3) is 0 Å². The van der Waals surface area contributed by atoms with Crippen LogP contribution in [0.1, 0.15) is 31.4 Å². The zero-order valence-corrected chi connectivity index (χ0v) is 12.3. The molecule has 1 fully saturated rings. The Hall–Kier alpha value is -1.13. The van der Waals surface area contributed by atoms with Gasteiger partial charge >= 0.3 is 0 Å². The van der Waals surface area contributed by atoms with E-state index in [1.807, 2.05) is 0 Å². The van der Waals surface area contributed by atoms with E-state index in [9.17, 15) is 0 Å². The molecule has 0 radical (unpaired) electrons. The largest absolute Gasteiger partial charge is 0.381 e. The normalized spacial score (nSPS) is 18.8. The van der Waals surface area contributed by atoms with Gasteiger partial charge in [0.2, 0.25) is 0 Å². The van der Waals surface area contributed by atoms with Crippen LogP contribution < -0.4 is 0 Å². The van der Waals surface area contributed by atoms with Gasteiger partial charge in [0, 0.05) is 19.3 Å². The fourth-order valence-electron chi connectivity index (χ4n) is 3.15. The number of ether oxygens (including phenoxy) is 1. The van der Waals surface area contributed by atoms with E-state index in [2.05, 4.69) is 41.6 Å². The maximum absolute atomic E-state index is 5.53. The third-order valence-corrected chi connectivity index (χ3v) is 4.59. The molecule has 0 saturated carbocycles. The summed E-state index contributed by atoms with van der Waals surface area (Å²) in [5.74, 6) is 0.652. The molecule has 1 aromatic heterocycles. The lowest BCUT2D eigenvalue weighted by Gasteiger charge is -2.29. The van der Waals surface area contributed by atoms with E-state index in [-0.39, 0.29) is 0 Å². The Kier molecular flexibility index (Phi) is 3.46. The Balaban J connectivity index is 2.08. The highest BCUT2D eigenvalue weighted by molar-refractivity contribution is 7.71. The third-order valence-electron chi connectivity index (χ3n) is 4.29. The van der Waals surface area contributed by atoms with Gasteiger partial charge in [-0.3, -0.25) is 0 Å². The number of H-pyrrole nitrogens is 1. The van der Waals surface area contributed by atoms with Crippen LogP contribution in [-0.4, -0.2) is 22.8 Å². The van der Waals surface area contributed by atoms with Crippen molar-refractivity contribution in [3.63, 3.8) is 0 Å². The predicted molar refractivity (Wildman–Crippen MR) is 80.1 cm³/mol. The number of imidazole rings is 1. The number of benzene rings is 1. The lowest BCUT2D eigenvalue weighted by Crippen LogP contribution is -2.24. The molecule has 0 spiro atoms. The summed E-state index contributed by atoms with van der Waals surface area (Å²) in [6.07, 6.45) is 2.25. The van der Waals surface area contributed by atoms with E-state index in [0.29, 0.717) is 12.0 Å². The van der Waals surface area contributed by atoms with Crippen LogP contribution in [0.2, 0.25) is 0 Å². The maximum atomic E-state index is 5.53. The second kappa shape index (κ2) is 5.10. The van der Waals surface area contributed by atoms with Gasteiger partial charge in [-0.2, -0.15) is 0 Å². The van der Waals surface area contributed by atoms with E-state index >= 15 is 0 Å². The number of rotatable bonds is 2. The smallest absolute Gasteiger partial charge is 0.178 e. The maximum Gasteiger partial charge on any atom is 0.178 e. The molecule has 0 bridgehead atoms. The van der Waals surface area contributed by atoms with Crippen LogP contribution in [-0.2, 0) is 4.74 Å². The van der Waals surface area contributed by atoms with Gasteiger partial charge in [-0.05, 0) is 56.5 Å². The minimum absolute atomic E-state index is 0.422. The lowest BCUT2D eigenvalue weighted by molar-refractivity contribution is 0.0517. The molecular formula is C15H20N2OS. The highest BCUT2D eigenvalue weighted by Crippen LogP contribution is 2.31. The molecule has 0 aliphatic carbocycles. The Morgan fingerprint density at radius 1 is 1.37 bits per heavy atom. The number of aryl methyl sites for hydroxylation is 1. The summed E-state index contributed by atoms with van der Waals surface area (Å²) in [4.78, 5) is 3.33. The summed E-state index contributed by atoms with van der Waals surface area (Å²) < 4.78 is 8.60. The molecule has 2 heterocycles. The van der Waals surface area contributed by atoms with E-state index < -0.39 is 0 Å². The van der Waals surface area contributed by atoms with Crippen molar-refractivity contribution in [1.82, 2.24) is 9.55 Å². The highest BCUT2D eigenvalue weighted by Gasteiger charge is 2.24. The number of aromatic amines is 1. The van der Waals surface area contributed by atoms with Gasteiger partial charge in [0.05, 0.1) is 11.0 Å². The van der Waals surface area contributed by atoms with Crippen molar-refractivity contribution >= 4 is 23.3 Å². The molecule has 2 aromatic rings. The van der Waals surface area contributed by atoms with E-state index in [4.69, 9.17) is 17.0 Å². The molecule has 3 rings (SSSR count). The molecule has 1 aromatic carbocycles. The number of nitrogens with zero attached hydrogens (tertiary/aromatic N) is 1. The van der Waals surface area contributed by atoms with Gasteiger partial charge in [0.15, 0.2) is 4.77 Å². The Morgan fingerprint density at radius 3 is 2.84 bits per heavy atom. The number of para-hydroxylation sites is 1. The fraction of sp³-hybridized carbons (Fsp3) is 0.533. The van der Waals surface area contributed by atoms with Gasteiger partial charge < -0.3 is 14.3 Å². The van der Waals surface area contributed by atoms with E-state index in [1.54, 1.807) is 0 Å². The predicted octanol–water partition coefficient (Wildman–Crippen LogP) is 3.99. The minimum atomic E-state index is 0.422. The molecule has 1 N–H and O–H groups in total. The van der Waals surface area contributed by atoms with Gasteiger partial charge in [-0.25, -0.2) is 0 Å². The zero-order valence-electron chi connectivity index (χ0n) is 11.5. The zero-order chi connectivity index (χ0) is 13.4. The van der Waals surface area contributed by atoms with Crippen LogP contribution in [0.4, 0.5) is 0 Å². The first-order chi connectivity index (χ1) is 9.18. The van der Waals surface area contributed by atoms with Crippen LogP contribution >= 0.6 is 12.2 Å². The fourth-order valence-corrected chi connectivity index (χ4v) is 3.52. The van der Waals surface area contributed by atoms with Crippen molar-refractivity contribution in [3.8, 4) is 0 Å². The Bertz CT molecular complexity index is 637. The first-order valence-corrected chi connectivity index (χ1v) is 7.37. The van der Waals surface area contributed by atoms with Crippen LogP contribution in [0, 0.1) is 17.6 Å². The highest BCUT2D eigenvalue weighted by atomic mass is 32.1. The molecule has 102 valence electrons. The van der Waals surface area contributed by atoms with Crippen molar-refractivity contribution < 1.29 is 4.74 Å². The summed E-state index contributed by atoms with van der Waals surface area (Å²) in [5.41, 5.74) is 3.68. The molecule has 1 atom stereocenters. The quantitative estimate of drug-likeness (QED) is 0.840. The van der Waals surface area contributed by atoms with Crippen molar-refractivity contribution in [1.29, 1.82) is 0 Å². The second-order valence-electron chi connectivity index (χ2n) is 5.46. The molecule has 1 unspecified atom stereocenters. The Labute approximate surface area is 118 Å². The van der Waals surface area contributed by atoms with Gasteiger partial charge in [0.1, 0.15) is 0 Å². The van der Waals surface area contributed by atoms with E-state index in [0.717, 1.165) is 36.3 Å². The number of nitrogens with one attached hydrogen (secondary N) is 1. The van der Waals surface area contributed by atoms with Crippen LogP contribution in [0.3, 0.4) is 0 Å². The topological polar surface area (TPSA) is 29.9 Å². The summed E-state index contributed by atoms with van der Waals surface area (Å²) in [5, 5.41) is 0. The van der Waals surface area contributed by atoms with Crippen LogP contribution in [0.15, 0.2) is 18.2 Å². The summed E-state index contributed by atoms with van der Waals surface area (Å²) >= 11 is 5.53. The molecular weight excluding hydrogens is 256 g/mol. The number of aromatic nitrogens is 2. The second-order valence-corrected chi connectivity index (χ2v) is 5.85. The monoisotopic (exact) mass is 276 g/mol. The van der Waals surface area contributed by atoms with Gasteiger partial charge in [-0.15, -0.1) is 0 Å². The van der Waals surface area contributed by atoms with Crippen molar-refractivity contribution in [2.45, 2.75) is 32.7 Å². The summed E-state index contributed by atoms with van der Waals surface area (Å²) in [7, 11) is 0. The van der Waals surface area contributed by atoms with Crippen molar-refractivity contribution in [2.24, 2.45) is 5.92 Å². The molecule has 19 heavy (non-hydrogen) atoms. The molecule has 3 nitrogen and oxygen atoms in total. The standard InChI is InChI=1S/C15H20N2OS/c1-10-4-3-5-13-14(10)17(15(19)16-13)11(2)12-6-8-18-9-7-12/h3-5,11-12H,6-9H2,1-2H3,(H,16,19). The Morgan fingerprint density at radius 2 is 2.11 bits per heavy atom. The third kappa shape index (κ3) is 2.23. The summed E-state index contributed by atoms with van der Waals surface area (Å²) in [6, 6.07) is 6.75. The van der Waals surface area contributed by atoms with Crippen molar-refractivity contribution in [2.75, 3.05) is 13.2 Å². The molecule has 1 aliphatic heterocycles. The van der Waals surface area contributed by atoms with Crippen LogP contribution in [0.5, 0.6) is 0 Å². The van der Waals surface area contributed by atoms with Crippen LogP contribution in [0.25, 0.3) is 11.0 Å². The molecule has 4 heteroatoms. The first-order valence-electron chi connectivity index (χ1n) is 6.96. The SMILES string of the molecule is Cc1cccc2[nH]c(=S)n(C(C)C3CCOCC3)c12. The average molecular weight is 276 g/mol. The average Bonchev–Trinajstić information content (AvgIpc) is 2.76.